The van der Waals surface area contributed by atoms with Gasteiger partial charge < -0.3 is 10.1 Å². The first-order valence-corrected chi connectivity index (χ1v) is 7.37. The van der Waals surface area contributed by atoms with Gasteiger partial charge in [-0.1, -0.05) is 12.1 Å². The van der Waals surface area contributed by atoms with Crippen LogP contribution in [0.4, 0.5) is 0 Å². The van der Waals surface area contributed by atoms with E-state index in [1.54, 1.807) is 0 Å². The van der Waals surface area contributed by atoms with Gasteiger partial charge >= 0.3 is 0 Å². The summed E-state index contributed by atoms with van der Waals surface area (Å²) < 4.78 is 5.41. The molecule has 2 rings (SSSR count). The molecule has 0 bridgehead atoms. The normalized spacial score (nSPS) is 12.8. The average Bonchev–Trinajstić information content (AvgIpc) is 2.47. The zero-order valence-corrected chi connectivity index (χ0v) is 12.6. The molecule has 0 radical (unpaired) electrons. The third-order valence-electron chi connectivity index (χ3n) is 3.59. The Bertz CT molecular complexity index is 554. The van der Waals surface area contributed by atoms with Crippen LogP contribution in [0.3, 0.4) is 0 Å². The number of aromatic nitrogens is 1. The van der Waals surface area contributed by atoms with Crippen LogP contribution >= 0.6 is 0 Å². The maximum Gasteiger partial charge on any atom is 0.0705 e. The molecule has 1 N–H and O–H groups in total. The Kier molecular flexibility index (Phi) is 5.50. The fourth-order valence-electron chi connectivity index (χ4n) is 2.47. The first-order chi connectivity index (χ1) is 9.74. The highest BCUT2D eigenvalue weighted by Crippen LogP contribution is 2.22. The molecule has 0 aliphatic heterocycles. The summed E-state index contributed by atoms with van der Waals surface area (Å²) in [7, 11) is 2.02. The number of hydrogen-bond acceptors (Lipinski definition) is 3. The van der Waals surface area contributed by atoms with E-state index in [1.807, 2.05) is 20.9 Å². The Morgan fingerprint density at radius 1 is 1.25 bits per heavy atom. The van der Waals surface area contributed by atoms with Gasteiger partial charge in [0.15, 0.2) is 0 Å². The van der Waals surface area contributed by atoms with Crippen molar-refractivity contribution in [2.45, 2.75) is 32.7 Å². The fourth-order valence-corrected chi connectivity index (χ4v) is 2.47. The summed E-state index contributed by atoms with van der Waals surface area (Å²) in [4.78, 5) is 4.55. The van der Waals surface area contributed by atoms with Crippen LogP contribution in [0.5, 0.6) is 0 Å². The molecule has 0 amide bonds. The number of fused-ring (bicyclic) bond motifs is 1. The van der Waals surface area contributed by atoms with E-state index in [0.717, 1.165) is 37.3 Å². The first kappa shape index (κ1) is 14.9. The Labute approximate surface area is 121 Å². The summed E-state index contributed by atoms with van der Waals surface area (Å²) in [5, 5.41) is 4.60. The molecule has 0 saturated heterocycles. The molecular formula is C17H24N2O. The number of hydrogen-bond donors (Lipinski definition) is 1. The van der Waals surface area contributed by atoms with Crippen molar-refractivity contribution >= 4 is 10.9 Å². The highest BCUT2D eigenvalue weighted by molar-refractivity contribution is 5.79. The molecule has 1 atom stereocenters. The van der Waals surface area contributed by atoms with Crippen LogP contribution in [0.2, 0.25) is 0 Å². The van der Waals surface area contributed by atoms with Crippen molar-refractivity contribution in [1.29, 1.82) is 0 Å². The van der Waals surface area contributed by atoms with E-state index in [1.165, 1.54) is 10.9 Å². The van der Waals surface area contributed by atoms with Gasteiger partial charge in [0.05, 0.1) is 5.52 Å². The Morgan fingerprint density at radius 2 is 2.10 bits per heavy atom. The lowest BCUT2D eigenvalue weighted by Gasteiger charge is -2.17. The second kappa shape index (κ2) is 7.36. The van der Waals surface area contributed by atoms with E-state index in [4.69, 9.17) is 4.74 Å². The Hall–Kier alpha value is -1.45. The molecule has 0 aliphatic rings. The monoisotopic (exact) mass is 272 g/mol. The van der Waals surface area contributed by atoms with Gasteiger partial charge in [-0.15, -0.1) is 0 Å². The van der Waals surface area contributed by atoms with Crippen LogP contribution in [0.15, 0.2) is 30.3 Å². The number of nitrogens with zero attached hydrogens (tertiary/aromatic N) is 1. The minimum absolute atomic E-state index is 0.376. The highest BCUT2D eigenvalue weighted by atomic mass is 16.5. The van der Waals surface area contributed by atoms with E-state index in [0.29, 0.717) is 6.04 Å². The van der Waals surface area contributed by atoms with E-state index < -0.39 is 0 Å². The summed E-state index contributed by atoms with van der Waals surface area (Å²) in [5.41, 5.74) is 3.45. The zero-order chi connectivity index (χ0) is 14.4. The molecule has 2 aromatic rings. The van der Waals surface area contributed by atoms with Crippen LogP contribution in [0.1, 0.15) is 37.1 Å². The molecule has 108 valence electrons. The van der Waals surface area contributed by atoms with Crippen LogP contribution in [-0.4, -0.2) is 25.2 Å². The van der Waals surface area contributed by atoms with Gasteiger partial charge in [0.1, 0.15) is 0 Å². The predicted molar refractivity (Wildman–Crippen MR) is 84.0 cm³/mol. The van der Waals surface area contributed by atoms with Gasteiger partial charge in [-0.05, 0) is 57.5 Å². The van der Waals surface area contributed by atoms with Crippen LogP contribution in [0, 0.1) is 6.92 Å². The van der Waals surface area contributed by atoms with E-state index in [2.05, 4.69) is 40.6 Å². The quantitative estimate of drug-likeness (QED) is 0.782. The molecular weight excluding hydrogens is 248 g/mol. The minimum Gasteiger partial charge on any atom is -0.382 e. The summed E-state index contributed by atoms with van der Waals surface area (Å²) in [5.74, 6) is 0. The largest absolute Gasteiger partial charge is 0.382 e. The van der Waals surface area contributed by atoms with Gasteiger partial charge in [0.25, 0.3) is 0 Å². The second-order valence-corrected chi connectivity index (χ2v) is 5.09. The number of nitrogens with one attached hydrogen (secondary N) is 1. The molecule has 0 spiro atoms. The molecule has 20 heavy (non-hydrogen) atoms. The molecule has 3 nitrogen and oxygen atoms in total. The van der Waals surface area contributed by atoms with Crippen molar-refractivity contribution < 1.29 is 4.74 Å². The summed E-state index contributed by atoms with van der Waals surface area (Å²) in [6.45, 7) is 5.69. The molecule has 0 aliphatic carbocycles. The van der Waals surface area contributed by atoms with Crippen LogP contribution < -0.4 is 5.32 Å². The van der Waals surface area contributed by atoms with Gasteiger partial charge in [-0.25, -0.2) is 0 Å². The minimum atomic E-state index is 0.376. The molecule has 1 aromatic heterocycles. The maximum atomic E-state index is 5.41. The molecule has 0 fully saturated rings. The molecule has 3 heteroatoms. The van der Waals surface area contributed by atoms with Gasteiger partial charge in [0, 0.05) is 30.3 Å². The SMILES string of the molecule is CCOCCCC(NC)c1ccc2nc(C)ccc2c1. The average molecular weight is 272 g/mol. The van der Waals surface area contributed by atoms with Crippen molar-refractivity contribution in [2.24, 2.45) is 0 Å². The maximum absolute atomic E-state index is 5.41. The predicted octanol–water partition coefficient (Wildman–Crippen LogP) is 3.62. The number of rotatable bonds is 7. The van der Waals surface area contributed by atoms with E-state index >= 15 is 0 Å². The van der Waals surface area contributed by atoms with Crippen molar-refractivity contribution in [3.05, 3.63) is 41.6 Å². The van der Waals surface area contributed by atoms with Crippen molar-refractivity contribution in [3.63, 3.8) is 0 Å². The number of ether oxygens (including phenoxy) is 1. The summed E-state index contributed by atoms with van der Waals surface area (Å²) in [6.07, 6.45) is 2.16. The summed E-state index contributed by atoms with van der Waals surface area (Å²) >= 11 is 0. The van der Waals surface area contributed by atoms with Gasteiger partial charge in [-0.3, -0.25) is 4.98 Å². The van der Waals surface area contributed by atoms with Crippen LogP contribution in [-0.2, 0) is 4.74 Å². The molecule has 0 saturated carbocycles. The smallest absolute Gasteiger partial charge is 0.0705 e. The molecule has 1 heterocycles. The van der Waals surface area contributed by atoms with Crippen molar-refractivity contribution in [2.75, 3.05) is 20.3 Å². The van der Waals surface area contributed by atoms with Crippen molar-refractivity contribution in [1.82, 2.24) is 10.3 Å². The lowest BCUT2D eigenvalue weighted by molar-refractivity contribution is 0.141. The topological polar surface area (TPSA) is 34.1 Å². The van der Waals surface area contributed by atoms with E-state index in [9.17, 15) is 0 Å². The zero-order valence-electron chi connectivity index (χ0n) is 12.6. The summed E-state index contributed by atoms with van der Waals surface area (Å²) in [6, 6.07) is 11.1. The lowest BCUT2D eigenvalue weighted by Crippen LogP contribution is -2.17. The van der Waals surface area contributed by atoms with Gasteiger partial charge in [-0.2, -0.15) is 0 Å². The first-order valence-electron chi connectivity index (χ1n) is 7.37. The van der Waals surface area contributed by atoms with Crippen LogP contribution in [0.25, 0.3) is 10.9 Å². The number of benzene rings is 1. The third kappa shape index (κ3) is 3.78. The lowest BCUT2D eigenvalue weighted by atomic mass is 10.00. The highest BCUT2D eigenvalue weighted by Gasteiger charge is 2.09. The second-order valence-electron chi connectivity index (χ2n) is 5.09. The van der Waals surface area contributed by atoms with Gasteiger partial charge in [0.2, 0.25) is 0 Å². The standard InChI is InChI=1S/C17H24N2O/c1-4-20-11-5-6-16(18-3)14-9-10-17-15(12-14)8-7-13(2)19-17/h7-10,12,16,18H,4-6,11H2,1-3H3. The van der Waals surface area contributed by atoms with E-state index in [-0.39, 0.29) is 0 Å². The fraction of sp³-hybridized carbons (Fsp3) is 0.471. The molecule has 1 aromatic carbocycles. The Morgan fingerprint density at radius 3 is 2.85 bits per heavy atom. The van der Waals surface area contributed by atoms with Crippen molar-refractivity contribution in [3.8, 4) is 0 Å². The number of pyridine rings is 1. The third-order valence-corrected chi connectivity index (χ3v) is 3.59. The molecule has 1 unspecified atom stereocenters. The Balaban J connectivity index is 2.11. The number of aryl methyl sites for hydroxylation is 1.